The molecule has 1 saturated carbocycles. The predicted octanol–water partition coefficient (Wildman–Crippen LogP) is 1.67. The minimum atomic E-state index is -3.08. The van der Waals surface area contributed by atoms with Gasteiger partial charge in [0, 0.05) is 13.0 Å². The van der Waals surface area contributed by atoms with Crippen molar-refractivity contribution in [2.45, 2.75) is 37.7 Å². The lowest BCUT2D eigenvalue weighted by Crippen LogP contribution is -2.39. The maximum Gasteiger partial charge on any atom is 0.318 e. The molecular formula is C9H12F2O3. The molecule has 0 aromatic carbocycles. The molecule has 2 atom stereocenters. The summed E-state index contributed by atoms with van der Waals surface area (Å²) in [5.41, 5.74) is -1.92. The summed E-state index contributed by atoms with van der Waals surface area (Å²) in [7, 11) is 0. The summed E-state index contributed by atoms with van der Waals surface area (Å²) in [6, 6.07) is 0. The topological polar surface area (TPSA) is 46.5 Å². The Kier molecular flexibility index (Phi) is 2.03. The van der Waals surface area contributed by atoms with Crippen molar-refractivity contribution in [3.05, 3.63) is 0 Å². The molecule has 0 spiro atoms. The van der Waals surface area contributed by atoms with Gasteiger partial charge in [-0.05, 0) is 19.3 Å². The summed E-state index contributed by atoms with van der Waals surface area (Å²) in [5, 5.41) is 8.83. The van der Waals surface area contributed by atoms with Gasteiger partial charge in [-0.15, -0.1) is 0 Å². The highest BCUT2D eigenvalue weighted by Gasteiger charge is 2.80. The number of ether oxygens (including phenoxy) is 1. The van der Waals surface area contributed by atoms with Crippen LogP contribution in [0.25, 0.3) is 0 Å². The molecular weight excluding hydrogens is 194 g/mol. The second-order valence-electron chi connectivity index (χ2n) is 4.01. The van der Waals surface area contributed by atoms with Crippen molar-refractivity contribution in [3.8, 4) is 0 Å². The molecule has 0 aromatic rings. The molecule has 80 valence electrons. The molecule has 0 bridgehead atoms. The Bertz CT molecular complexity index is 261. The Morgan fingerprint density at radius 3 is 2.43 bits per heavy atom. The Hall–Kier alpha value is -0.710. The van der Waals surface area contributed by atoms with Gasteiger partial charge in [0.2, 0.25) is 0 Å². The lowest BCUT2D eigenvalue weighted by molar-refractivity contribution is -0.160. The quantitative estimate of drug-likeness (QED) is 0.747. The molecule has 1 saturated heterocycles. The number of carbonyl (C=O) groups is 1. The van der Waals surface area contributed by atoms with Crippen LogP contribution in [0.4, 0.5) is 8.78 Å². The first kappa shape index (κ1) is 9.83. The third-order valence-corrected chi connectivity index (χ3v) is 3.14. The highest BCUT2D eigenvalue weighted by Crippen LogP contribution is 2.64. The Labute approximate surface area is 80.0 Å². The van der Waals surface area contributed by atoms with E-state index in [2.05, 4.69) is 0 Å². The third-order valence-electron chi connectivity index (χ3n) is 3.14. The lowest BCUT2D eigenvalue weighted by atomic mass is 9.92. The highest BCUT2D eigenvalue weighted by molar-refractivity contribution is 5.81. The predicted molar refractivity (Wildman–Crippen MR) is 43.2 cm³/mol. The van der Waals surface area contributed by atoms with E-state index in [0.717, 1.165) is 12.8 Å². The van der Waals surface area contributed by atoms with E-state index in [0.29, 0.717) is 13.0 Å². The SMILES string of the molecule is O=C(O)C1(C2CCCCO2)CC1(F)F. The van der Waals surface area contributed by atoms with E-state index < -0.39 is 29.8 Å². The summed E-state index contributed by atoms with van der Waals surface area (Å²) in [6.45, 7) is 0.399. The summed E-state index contributed by atoms with van der Waals surface area (Å²) in [6.07, 6.45) is 0.666. The van der Waals surface area contributed by atoms with Gasteiger partial charge in [0.25, 0.3) is 5.92 Å². The molecule has 1 heterocycles. The van der Waals surface area contributed by atoms with Crippen molar-refractivity contribution < 1.29 is 23.4 Å². The maximum atomic E-state index is 13.0. The van der Waals surface area contributed by atoms with Crippen molar-refractivity contribution in [3.63, 3.8) is 0 Å². The van der Waals surface area contributed by atoms with E-state index in [4.69, 9.17) is 9.84 Å². The summed E-state index contributed by atoms with van der Waals surface area (Å²) < 4.78 is 31.2. The third kappa shape index (κ3) is 1.15. The molecule has 1 N–H and O–H groups in total. The van der Waals surface area contributed by atoms with Crippen LogP contribution in [0.15, 0.2) is 0 Å². The number of carboxylic acids is 1. The van der Waals surface area contributed by atoms with E-state index in [9.17, 15) is 13.6 Å². The van der Waals surface area contributed by atoms with Gasteiger partial charge in [-0.25, -0.2) is 8.78 Å². The first-order chi connectivity index (χ1) is 6.51. The minimum Gasteiger partial charge on any atom is -0.481 e. The van der Waals surface area contributed by atoms with Gasteiger partial charge in [0.05, 0.1) is 6.10 Å². The standard InChI is InChI=1S/C9H12F2O3/c10-9(11)5-8(9,7(12)13)6-3-1-2-4-14-6/h6H,1-5H2,(H,12,13). The number of rotatable bonds is 2. The molecule has 2 rings (SSSR count). The van der Waals surface area contributed by atoms with Gasteiger partial charge < -0.3 is 9.84 Å². The summed E-state index contributed by atoms with van der Waals surface area (Å²) in [5.74, 6) is -4.50. The molecule has 2 aliphatic rings. The lowest BCUT2D eigenvalue weighted by Gasteiger charge is -2.27. The maximum absolute atomic E-state index is 13.0. The van der Waals surface area contributed by atoms with E-state index in [-0.39, 0.29) is 0 Å². The van der Waals surface area contributed by atoms with E-state index in [1.54, 1.807) is 0 Å². The van der Waals surface area contributed by atoms with Gasteiger partial charge in [-0.2, -0.15) is 0 Å². The zero-order valence-electron chi connectivity index (χ0n) is 7.63. The van der Waals surface area contributed by atoms with Crippen molar-refractivity contribution in [2.24, 2.45) is 5.41 Å². The Balaban J connectivity index is 2.17. The highest BCUT2D eigenvalue weighted by atomic mass is 19.3. The first-order valence-electron chi connectivity index (χ1n) is 4.73. The van der Waals surface area contributed by atoms with Crippen LogP contribution in [0.2, 0.25) is 0 Å². The second kappa shape index (κ2) is 2.89. The van der Waals surface area contributed by atoms with Crippen LogP contribution in [0, 0.1) is 5.41 Å². The molecule has 0 amide bonds. The van der Waals surface area contributed by atoms with Gasteiger partial charge in [0.15, 0.2) is 5.41 Å². The van der Waals surface area contributed by atoms with Crippen LogP contribution in [-0.4, -0.2) is 29.7 Å². The molecule has 0 radical (unpaired) electrons. The number of hydrogen-bond acceptors (Lipinski definition) is 2. The van der Waals surface area contributed by atoms with Crippen LogP contribution < -0.4 is 0 Å². The smallest absolute Gasteiger partial charge is 0.318 e. The molecule has 14 heavy (non-hydrogen) atoms. The van der Waals surface area contributed by atoms with Crippen LogP contribution in [0.5, 0.6) is 0 Å². The van der Waals surface area contributed by atoms with Gasteiger partial charge >= 0.3 is 5.97 Å². The fraction of sp³-hybridized carbons (Fsp3) is 0.889. The van der Waals surface area contributed by atoms with Crippen molar-refractivity contribution in [1.82, 2.24) is 0 Å². The van der Waals surface area contributed by atoms with Crippen molar-refractivity contribution >= 4 is 5.97 Å². The van der Waals surface area contributed by atoms with E-state index in [1.807, 2.05) is 0 Å². The van der Waals surface area contributed by atoms with Gasteiger partial charge in [-0.1, -0.05) is 0 Å². The molecule has 0 aromatic heterocycles. The molecule has 2 unspecified atom stereocenters. The van der Waals surface area contributed by atoms with Crippen molar-refractivity contribution in [1.29, 1.82) is 0 Å². The Morgan fingerprint density at radius 2 is 2.07 bits per heavy atom. The number of aliphatic carboxylic acids is 1. The number of hydrogen-bond donors (Lipinski definition) is 1. The second-order valence-corrected chi connectivity index (χ2v) is 4.01. The van der Waals surface area contributed by atoms with Crippen molar-refractivity contribution in [2.75, 3.05) is 6.61 Å². The van der Waals surface area contributed by atoms with Gasteiger partial charge in [-0.3, -0.25) is 4.79 Å². The van der Waals surface area contributed by atoms with Crippen LogP contribution in [0.1, 0.15) is 25.7 Å². The van der Waals surface area contributed by atoms with Crippen LogP contribution in [-0.2, 0) is 9.53 Å². The average molecular weight is 206 g/mol. The fourth-order valence-corrected chi connectivity index (χ4v) is 2.15. The van der Waals surface area contributed by atoms with Crippen LogP contribution in [0.3, 0.4) is 0 Å². The summed E-state index contributed by atoms with van der Waals surface area (Å²) in [4.78, 5) is 10.8. The number of halogens is 2. The molecule has 5 heteroatoms. The monoisotopic (exact) mass is 206 g/mol. The molecule has 3 nitrogen and oxygen atoms in total. The zero-order valence-corrected chi connectivity index (χ0v) is 7.63. The fourth-order valence-electron chi connectivity index (χ4n) is 2.15. The molecule has 1 aliphatic carbocycles. The normalized spacial score (nSPS) is 40.6. The average Bonchev–Trinajstić information content (AvgIpc) is 2.72. The largest absolute Gasteiger partial charge is 0.481 e. The zero-order chi connectivity index (χ0) is 10.4. The number of alkyl halides is 2. The molecule has 2 fully saturated rings. The van der Waals surface area contributed by atoms with E-state index in [1.165, 1.54) is 0 Å². The van der Waals surface area contributed by atoms with Crippen LogP contribution >= 0.6 is 0 Å². The summed E-state index contributed by atoms with van der Waals surface area (Å²) >= 11 is 0. The Morgan fingerprint density at radius 1 is 1.43 bits per heavy atom. The minimum absolute atomic E-state index is 0.399. The number of carboxylic acid groups (broad SMARTS) is 1. The molecule has 1 aliphatic heterocycles. The first-order valence-corrected chi connectivity index (χ1v) is 4.73. The van der Waals surface area contributed by atoms with Gasteiger partial charge in [0.1, 0.15) is 0 Å². The van der Waals surface area contributed by atoms with E-state index >= 15 is 0 Å².